The number of nitrogens with zero attached hydrogens (tertiary/aromatic N) is 2. The summed E-state index contributed by atoms with van der Waals surface area (Å²) in [5.41, 5.74) is 8.58. The molecule has 90 valence electrons. The van der Waals surface area contributed by atoms with Crippen molar-refractivity contribution in [1.82, 2.24) is 9.55 Å². The molecular weight excluding hydrogens is 230 g/mol. The largest absolute Gasteiger partial charge is 0.348 e. The minimum atomic E-state index is 0.230. The summed E-state index contributed by atoms with van der Waals surface area (Å²) in [5, 5.41) is 3.25. The molecule has 4 heteroatoms. The zero-order valence-electron chi connectivity index (χ0n) is 9.97. The summed E-state index contributed by atoms with van der Waals surface area (Å²) in [7, 11) is 0. The lowest BCUT2D eigenvalue weighted by atomic mass is 10.1. The Balaban J connectivity index is 1.71. The van der Waals surface area contributed by atoms with E-state index in [1.807, 2.05) is 6.92 Å². The van der Waals surface area contributed by atoms with Crippen molar-refractivity contribution in [2.24, 2.45) is 11.7 Å². The molecule has 0 amide bonds. The molecule has 0 spiro atoms. The molecule has 0 aliphatic heterocycles. The number of hydrogen-bond acceptors (Lipinski definition) is 3. The van der Waals surface area contributed by atoms with E-state index < -0.39 is 0 Å². The van der Waals surface area contributed by atoms with E-state index in [0.717, 1.165) is 17.2 Å². The summed E-state index contributed by atoms with van der Waals surface area (Å²) in [6.07, 6.45) is 6.85. The van der Waals surface area contributed by atoms with Gasteiger partial charge in [0.2, 0.25) is 0 Å². The Kier molecular flexibility index (Phi) is 2.76. The monoisotopic (exact) mass is 247 g/mol. The molecule has 1 unspecified atom stereocenters. The Morgan fingerprint density at radius 3 is 3.06 bits per heavy atom. The maximum absolute atomic E-state index is 6.18. The van der Waals surface area contributed by atoms with Crippen LogP contribution in [0.1, 0.15) is 35.1 Å². The second-order valence-electron chi connectivity index (χ2n) is 4.84. The molecule has 0 radical (unpaired) electrons. The van der Waals surface area contributed by atoms with Crippen molar-refractivity contribution in [3.63, 3.8) is 0 Å². The van der Waals surface area contributed by atoms with Crippen LogP contribution in [-0.4, -0.2) is 9.55 Å². The first kappa shape index (κ1) is 11.0. The number of aromatic nitrogens is 2. The van der Waals surface area contributed by atoms with E-state index in [2.05, 4.69) is 33.4 Å². The standard InChI is InChI=1S/C13H17N3S/c1-9-15-12(8-17-9)7-16-5-4-11(6-16)13(14)10-2-3-10/h4-6,8,10,13H,2-3,7,14H2,1H3. The Morgan fingerprint density at radius 2 is 2.41 bits per heavy atom. The van der Waals surface area contributed by atoms with Crippen molar-refractivity contribution < 1.29 is 0 Å². The molecule has 2 N–H and O–H groups in total. The summed E-state index contributed by atoms with van der Waals surface area (Å²) in [5.74, 6) is 0.715. The van der Waals surface area contributed by atoms with E-state index >= 15 is 0 Å². The van der Waals surface area contributed by atoms with Crippen LogP contribution in [0.3, 0.4) is 0 Å². The number of hydrogen-bond donors (Lipinski definition) is 1. The average molecular weight is 247 g/mol. The average Bonchev–Trinajstić information content (AvgIpc) is 2.93. The Hall–Kier alpha value is -1.13. The second kappa shape index (κ2) is 4.27. The molecular formula is C13H17N3S. The highest BCUT2D eigenvalue weighted by atomic mass is 32.1. The fraction of sp³-hybridized carbons (Fsp3) is 0.462. The molecule has 2 heterocycles. The molecule has 1 aliphatic carbocycles. The van der Waals surface area contributed by atoms with E-state index in [1.54, 1.807) is 11.3 Å². The van der Waals surface area contributed by atoms with Crippen LogP contribution in [0.4, 0.5) is 0 Å². The zero-order chi connectivity index (χ0) is 11.8. The molecule has 17 heavy (non-hydrogen) atoms. The molecule has 1 fully saturated rings. The van der Waals surface area contributed by atoms with Gasteiger partial charge in [0, 0.05) is 23.8 Å². The van der Waals surface area contributed by atoms with Crippen LogP contribution in [-0.2, 0) is 6.54 Å². The van der Waals surface area contributed by atoms with Gasteiger partial charge >= 0.3 is 0 Å². The van der Waals surface area contributed by atoms with Crippen molar-refractivity contribution in [1.29, 1.82) is 0 Å². The second-order valence-corrected chi connectivity index (χ2v) is 5.90. The van der Waals surface area contributed by atoms with Crippen molar-refractivity contribution in [2.75, 3.05) is 0 Å². The van der Waals surface area contributed by atoms with Gasteiger partial charge in [0.25, 0.3) is 0 Å². The first-order valence-electron chi connectivity index (χ1n) is 6.04. The van der Waals surface area contributed by atoms with Gasteiger partial charge < -0.3 is 10.3 Å². The summed E-state index contributed by atoms with van der Waals surface area (Å²) < 4.78 is 2.17. The van der Waals surface area contributed by atoms with E-state index in [1.165, 1.54) is 18.4 Å². The fourth-order valence-corrected chi connectivity index (χ4v) is 2.75. The van der Waals surface area contributed by atoms with Gasteiger partial charge in [-0.25, -0.2) is 4.98 Å². The van der Waals surface area contributed by atoms with Crippen LogP contribution in [0.25, 0.3) is 0 Å². The highest BCUT2D eigenvalue weighted by molar-refractivity contribution is 7.09. The molecule has 2 aromatic rings. The molecule has 1 atom stereocenters. The van der Waals surface area contributed by atoms with E-state index in [-0.39, 0.29) is 6.04 Å². The third kappa shape index (κ3) is 2.42. The van der Waals surface area contributed by atoms with Gasteiger partial charge in [-0.1, -0.05) is 0 Å². The maximum atomic E-state index is 6.18. The number of thiazole rings is 1. The molecule has 3 rings (SSSR count). The Labute approximate surface area is 105 Å². The van der Waals surface area contributed by atoms with Crippen LogP contribution in [0, 0.1) is 12.8 Å². The third-order valence-electron chi connectivity index (χ3n) is 3.30. The topological polar surface area (TPSA) is 43.8 Å². The number of rotatable bonds is 4. The number of nitrogens with two attached hydrogens (primary N) is 1. The lowest BCUT2D eigenvalue weighted by Crippen LogP contribution is -2.11. The van der Waals surface area contributed by atoms with Gasteiger partial charge in [-0.15, -0.1) is 11.3 Å². The van der Waals surface area contributed by atoms with Gasteiger partial charge in [0.1, 0.15) is 0 Å². The molecule has 3 nitrogen and oxygen atoms in total. The van der Waals surface area contributed by atoms with Gasteiger partial charge in [0.05, 0.1) is 17.2 Å². The molecule has 2 aromatic heterocycles. The summed E-state index contributed by atoms with van der Waals surface area (Å²) in [6, 6.07) is 2.37. The van der Waals surface area contributed by atoms with Crippen molar-refractivity contribution in [3.05, 3.63) is 40.1 Å². The predicted octanol–water partition coefficient (Wildman–Crippen LogP) is 2.71. The first-order valence-corrected chi connectivity index (χ1v) is 6.92. The first-order chi connectivity index (χ1) is 8.22. The molecule has 1 aliphatic rings. The maximum Gasteiger partial charge on any atom is 0.0898 e. The lowest BCUT2D eigenvalue weighted by Gasteiger charge is -2.07. The number of aryl methyl sites for hydroxylation is 1. The fourth-order valence-electron chi connectivity index (χ4n) is 2.15. The highest BCUT2D eigenvalue weighted by Crippen LogP contribution is 2.39. The van der Waals surface area contributed by atoms with Crippen molar-refractivity contribution in [3.8, 4) is 0 Å². The molecule has 0 aromatic carbocycles. The van der Waals surface area contributed by atoms with Crippen LogP contribution >= 0.6 is 11.3 Å². The van der Waals surface area contributed by atoms with Crippen molar-refractivity contribution in [2.45, 2.75) is 32.4 Å². The van der Waals surface area contributed by atoms with Crippen LogP contribution in [0.15, 0.2) is 23.8 Å². The minimum Gasteiger partial charge on any atom is -0.348 e. The van der Waals surface area contributed by atoms with Crippen LogP contribution in [0.5, 0.6) is 0 Å². The van der Waals surface area contributed by atoms with Crippen LogP contribution < -0.4 is 5.73 Å². The van der Waals surface area contributed by atoms with Gasteiger partial charge in [-0.05, 0) is 37.3 Å². The summed E-state index contributed by atoms with van der Waals surface area (Å²) in [6.45, 7) is 2.89. The summed E-state index contributed by atoms with van der Waals surface area (Å²) in [4.78, 5) is 4.47. The molecule has 1 saturated carbocycles. The zero-order valence-corrected chi connectivity index (χ0v) is 10.8. The smallest absolute Gasteiger partial charge is 0.0898 e. The van der Waals surface area contributed by atoms with E-state index in [0.29, 0.717) is 5.92 Å². The van der Waals surface area contributed by atoms with Crippen molar-refractivity contribution >= 4 is 11.3 Å². The van der Waals surface area contributed by atoms with Gasteiger partial charge in [-0.3, -0.25) is 0 Å². The normalized spacial score (nSPS) is 17.3. The Morgan fingerprint density at radius 1 is 1.59 bits per heavy atom. The van der Waals surface area contributed by atoms with E-state index in [9.17, 15) is 0 Å². The predicted molar refractivity (Wildman–Crippen MR) is 70.0 cm³/mol. The SMILES string of the molecule is Cc1nc(Cn2ccc(C(N)C3CC3)c2)cs1. The third-order valence-corrected chi connectivity index (χ3v) is 4.12. The molecule has 0 saturated heterocycles. The molecule has 0 bridgehead atoms. The minimum absolute atomic E-state index is 0.230. The highest BCUT2D eigenvalue weighted by Gasteiger charge is 2.29. The van der Waals surface area contributed by atoms with Gasteiger partial charge in [-0.2, -0.15) is 0 Å². The van der Waals surface area contributed by atoms with E-state index in [4.69, 9.17) is 5.73 Å². The quantitative estimate of drug-likeness (QED) is 0.902. The summed E-state index contributed by atoms with van der Waals surface area (Å²) >= 11 is 1.70. The van der Waals surface area contributed by atoms with Crippen LogP contribution in [0.2, 0.25) is 0 Å². The van der Waals surface area contributed by atoms with Gasteiger partial charge in [0.15, 0.2) is 0 Å². The Bertz CT molecular complexity index is 510. The lowest BCUT2D eigenvalue weighted by molar-refractivity contribution is 0.630.